The molecule has 1 aromatic rings. The Hall–Kier alpha value is -0.340. The summed E-state index contributed by atoms with van der Waals surface area (Å²) in [5.41, 5.74) is 1.98. The summed E-state index contributed by atoms with van der Waals surface area (Å²) in [5.74, 6) is 0.888. The highest BCUT2D eigenvalue weighted by atomic mass is 32.1. The van der Waals surface area contributed by atoms with E-state index in [1.165, 1.54) is 38.6 Å². The summed E-state index contributed by atoms with van der Waals surface area (Å²) in [6.45, 7) is 3.58. The van der Waals surface area contributed by atoms with Crippen LogP contribution < -0.4 is 5.32 Å². The lowest BCUT2D eigenvalue weighted by molar-refractivity contribution is 0.184. The number of fused-ring (bicyclic) bond motifs is 2. The molecule has 1 aromatic heterocycles. The molecule has 0 radical (unpaired) electrons. The van der Waals surface area contributed by atoms with Gasteiger partial charge in [-0.15, -0.1) is 11.3 Å². The number of rotatable bonds is 0. The summed E-state index contributed by atoms with van der Waals surface area (Å²) < 4.78 is 0. The number of nitrogens with one attached hydrogen (secondary N) is 1. The zero-order valence-corrected chi connectivity index (χ0v) is 10.2. The van der Waals surface area contributed by atoms with Gasteiger partial charge in [-0.3, -0.25) is 0 Å². The van der Waals surface area contributed by atoms with Gasteiger partial charge in [0.05, 0.1) is 5.54 Å². The Labute approximate surface area is 95.9 Å². The quantitative estimate of drug-likeness (QED) is 0.709. The van der Waals surface area contributed by atoms with Crippen molar-refractivity contribution in [3.63, 3.8) is 0 Å². The highest BCUT2D eigenvalue weighted by Crippen LogP contribution is 2.44. The van der Waals surface area contributed by atoms with Gasteiger partial charge in [-0.2, -0.15) is 0 Å². The molecule has 1 N–H and O–H groups in total. The predicted octanol–water partition coefficient (Wildman–Crippen LogP) is 3.30. The van der Waals surface area contributed by atoms with E-state index >= 15 is 0 Å². The van der Waals surface area contributed by atoms with Gasteiger partial charge in [-0.05, 0) is 42.2 Å². The van der Waals surface area contributed by atoms with Crippen LogP contribution in [0.15, 0.2) is 11.4 Å². The SMILES string of the molecule is CC1CCCC2(C1)NCCc1ccsc12. The van der Waals surface area contributed by atoms with Crippen LogP contribution in [0.2, 0.25) is 0 Å². The molecule has 0 aromatic carbocycles. The Kier molecular flexibility index (Phi) is 2.37. The van der Waals surface area contributed by atoms with Crippen molar-refractivity contribution in [2.24, 2.45) is 5.92 Å². The van der Waals surface area contributed by atoms with E-state index in [4.69, 9.17) is 0 Å². The van der Waals surface area contributed by atoms with Crippen LogP contribution in [0.4, 0.5) is 0 Å². The van der Waals surface area contributed by atoms with E-state index < -0.39 is 0 Å². The van der Waals surface area contributed by atoms with Gasteiger partial charge in [0.15, 0.2) is 0 Å². The summed E-state index contributed by atoms with van der Waals surface area (Å²) >= 11 is 1.97. The Balaban J connectivity index is 1.99. The molecule has 2 heterocycles. The molecule has 2 heteroatoms. The average Bonchev–Trinajstić information content (AvgIpc) is 2.67. The van der Waals surface area contributed by atoms with Gasteiger partial charge in [0.25, 0.3) is 0 Å². The van der Waals surface area contributed by atoms with Gasteiger partial charge in [-0.25, -0.2) is 0 Å². The normalized spacial score (nSPS) is 35.4. The van der Waals surface area contributed by atoms with Crippen molar-refractivity contribution in [2.75, 3.05) is 6.54 Å². The molecule has 82 valence electrons. The second-order valence-electron chi connectivity index (χ2n) is 5.24. The molecule has 2 unspecified atom stereocenters. The van der Waals surface area contributed by atoms with Gasteiger partial charge < -0.3 is 5.32 Å². The van der Waals surface area contributed by atoms with Crippen molar-refractivity contribution in [3.05, 3.63) is 21.9 Å². The van der Waals surface area contributed by atoms with E-state index in [1.807, 2.05) is 11.3 Å². The van der Waals surface area contributed by atoms with Gasteiger partial charge in [0.2, 0.25) is 0 Å². The lowest BCUT2D eigenvalue weighted by Crippen LogP contribution is -2.49. The van der Waals surface area contributed by atoms with Gasteiger partial charge in [-0.1, -0.05) is 19.8 Å². The standard InChI is InChI=1S/C13H19NS/c1-10-3-2-6-13(9-10)12-11(4-7-14-13)5-8-15-12/h5,8,10,14H,2-4,6-7,9H2,1H3. The molecule has 2 atom stereocenters. The maximum absolute atomic E-state index is 3.82. The van der Waals surface area contributed by atoms with Crippen molar-refractivity contribution in [3.8, 4) is 0 Å². The first-order valence-corrected chi connectivity index (χ1v) is 7.00. The molecule has 3 rings (SSSR count). The van der Waals surface area contributed by atoms with E-state index in [0.29, 0.717) is 5.54 Å². The molecular formula is C13H19NS. The third-order valence-corrected chi connectivity index (χ3v) is 5.20. The molecule has 0 bridgehead atoms. The minimum Gasteiger partial charge on any atom is -0.306 e. The summed E-state index contributed by atoms with van der Waals surface area (Å²) in [5, 5.41) is 6.09. The van der Waals surface area contributed by atoms with Crippen LogP contribution in [-0.4, -0.2) is 6.54 Å². The van der Waals surface area contributed by atoms with Crippen molar-refractivity contribution in [1.29, 1.82) is 0 Å². The van der Waals surface area contributed by atoms with Crippen LogP contribution >= 0.6 is 11.3 Å². The average molecular weight is 221 g/mol. The largest absolute Gasteiger partial charge is 0.306 e. The maximum atomic E-state index is 3.82. The summed E-state index contributed by atoms with van der Waals surface area (Å²) in [6, 6.07) is 2.34. The molecule has 15 heavy (non-hydrogen) atoms. The Morgan fingerprint density at radius 3 is 3.33 bits per heavy atom. The van der Waals surface area contributed by atoms with Crippen molar-refractivity contribution >= 4 is 11.3 Å². The summed E-state index contributed by atoms with van der Waals surface area (Å²) in [6.07, 6.45) is 6.75. The first-order valence-electron chi connectivity index (χ1n) is 6.12. The lowest BCUT2D eigenvalue weighted by Gasteiger charge is -2.43. The van der Waals surface area contributed by atoms with Crippen molar-refractivity contribution in [1.82, 2.24) is 5.32 Å². The van der Waals surface area contributed by atoms with Crippen LogP contribution in [0.25, 0.3) is 0 Å². The third kappa shape index (κ3) is 1.55. The molecule has 1 aliphatic carbocycles. The fourth-order valence-electron chi connectivity index (χ4n) is 3.39. The van der Waals surface area contributed by atoms with Gasteiger partial charge >= 0.3 is 0 Å². The summed E-state index contributed by atoms with van der Waals surface area (Å²) in [4.78, 5) is 1.65. The smallest absolute Gasteiger partial charge is 0.0534 e. The molecule has 0 saturated heterocycles. The number of hydrogen-bond acceptors (Lipinski definition) is 2. The van der Waals surface area contributed by atoms with E-state index in [0.717, 1.165) is 5.92 Å². The predicted molar refractivity (Wildman–Crippen MR) is 65.3 cm³/mol. The maximum Gasteiger partial charge on any atom is 0.0534 e. The van der Waals surface area contributed by atoms with E-state index in [1.54, 1.807) is 10.4 Å². The minimum absolute atomic E-state index is 0.361. The Bertz CT molecular complexity index is 357. The molecule has 1 saturated carbocycles. The minimum atomic E-state index is 0.361. The van der Waals surface area contributed by atoms with Crippen LogP contribution in [0, 0.1) is 5.92 Å². The monoisotopic (exact) mass is 221 g/mol. The van der Waals surface area contributed by atoms with Crippen molar-refractivity contribution in [2.45, 2.75) is 44.6 Å². The zero-order chi connectivity index (χ0) is 10.3. The molecule has 1 nitrogen and oxygen atoms in total. The van der Waals surface area contributed by atoms with E-state index in [9.17, 15) is 0 Å². The van der Waals surface area contributed by atoms with Crippen LogP contribution in [0.5, 0.6) is 0 Å². The van der Waals surface area contributed by atoms with Crippen LogP contribution in [0.1, 0.15) is 43.0 Å². The second kappa shape index (κ2) is 3.60. The molecule has 0 amide bonds. The van der Waals surface area contributed by atoms with E-state index in [2.05, 4.69) is 23.7 Å². The highest BCUT2D eigenvalue weighted by Gasteiger charge is 2.40. The Morgan fingerprint density at radius 2 is 2.47 bits per heavy atom. The molecule has 1 aliphatic heterocycles. The van der Waals surface area contributed by atoms with Crippen LogP contribution in [-0.2, 0) is 12.0 Å². The van der Waals surface area contributed by atoms with Gasteiger partial charge in [0, 0.05) is 11.4 Å². The van der Waals surface area contributed by atoms with Gasteiger partial charge in [0.1, 0.15) is 0 Å². The Morgan fingerprint density at radius 1 is 1.53 bits per heavy atom. The van der Waals surface area contributed by atoms with E-state index in [-0.39, 0.29) is 0 Å². The molecule has 2 aliphatic rings. The second-order valence-corrected chi connectivity index (χ2v) is 6.15. The number of thiophene rings is 1. The third-order valence-electron chi connectivity index (χ3n) is 4.04. The topological polar surface area (TPSA) is 12.0 Å². The summed E-state index contributed by atoms with van der Waals surface area (Å²) in [7, 11) is 0. The van der Waals surface area contributed by atoms with Crippen molar-refractivity contribution < 1.29 is 0 Å². The molecule has 1 spiro atoms. The molecule has 1 fully saturated rings. The first-order chi connectivity index (χ1) is 7.30. The fourth-order valence-corrected chi connectivity index (χ4v) is 4.56. The molecular weight excluding hydrogens is 202 g/mol. The highest BCUT2D eigenvalue weighted by molar-refractivity contribution is 7.10. The van der Waals surface area contributed by atoms with Crippen LogP contribution in [0.3, 0.4) is 0 Å². The zero-order valence-electron chi connectivity index (χ0n) is 9.38. The lowest BCUT2D eigenvalue weighted by atomic mass is 9.73. The fraction of sp³-hybridized carbons (Fsp3) is 0.692. The number of hydrogen-bond donors (Lipinski definition) is 1. The first kappa shape index (κ1) is 9.86.